The van der Waals surface area contributed by atoms with Gasteiger partial charge < -0.3 is 23.7 Å². The van der Waals surface area contributed by atoms with Crippen molar-refractivity contribution in [2.75, 3.05) is 33.0 Å². The fourth-order valence-electron chi connectivity index (χ4n) is 5.97. The fraction of sp³-hybridized carbons (Fsp3) is 0.350. The van der Waals surface area contributed by atoms with Crippen molar-refractivity contribution in [1.29, 1.82) is 5.26 Å². The fourth-order valence-corrected chi connectivity index (χ4v) is 5.97. The lowest BCUT2D eigenvalue weighted by molar-refractivity contribution is -0.150. The van der Waals surface area contributed by atoms with E-state index in [9.17, 15) is 4.79 Å². The van der Waals surface area contributed by atoms with Crippen LogP contribution in [0.4, 0.5) is 8.78 Å². The maximum Gasteiger partial charge on any atom is 0.343 e. The number of esters is 1. The first-order valence-corrected chi connectivity index (χ1v) is 16.7. The van der Waals surface area contributed by atoms with Crippen LogP contribution in [0.2, 0.25) is 0 Å². The highest BCUT2D eigenvalue weighted by Crippen LogP contribution is 2.52. The van der Waals surface area contributed by atoms with Crippen molar-refractivity contribution in [3.8, 4) is 34.4 Å². The highest BCUT2D eigenvalue weighted by Gasteiger charge is 2.45. The predicted molar refractivity (Wildman–Crippen MR) is 180 cm³/mol. The quantitative estimate of drug-likeness (QED) is 0.0670. The zero-order valence-corrected chi connectivity index (χ0v) is 27.5. The zero-order valence-electron chi connectivity index (χ0n) is 27.5. The van der Waals surface area contributed by atoms with E-state index in [1.807, 2.05) is 6.07 Å². The van der Waals surface area contributed by atoms with E-state index in [-0.39, 0.29) is 34.5 Å². The van der Waals surface area contributed by atoms with Gasteiger partial charge in [-0.25, -0.2) is 4.79 Å². The van der Waals surface area contributed by atoms with Crippen LogP contribution in [0.1, 0.15) is 71.6 Å². The van der Waals surface area contributed by atoms with Gasteiger partial charge in [-0.05, 0) is 109 Å². The largest absolute Gasteiger partial charge is 0.494 e. The average Bonchev–Trinajstić information content (AvgIpc) is 3.33. The maximum atomic E-state index is 15.7. The summed E-state index contributed by atoms with van der Waals surface area (Å²) in [5.74, 6) is -2.72. The second-order valence-corrected chi connectivity index (χ2v) is 12.7. The molecule has 1 aliphatic heterocycles. The van der Waals surface area contributed by atoms with Crippen LogP contribution in [0.25, 0.3) is 11.1 Å². The zero-order chi connectivity index (χ0) is 34.3. The van der Waals surface area contributed by atoms with Crippen molar-refractivity contribution in [3.05, 3.63) is 113 Å². The summed E-state index contributed by atoms with van der Waals surface area (Å²) in [6, 6.07) is 24.4. The van der Waals surface area contributed by atoms with Crippen molar-refractivity contribution in [2.45, 2.75) is 51.6 Å². The number of hydrogen-bond acceptors (Lipinski definition) is 7. The molecule has 0 atom stereocenters. The summed E-state index contributed by atoms with van der Waals surface area (Å²) in [5, 5.41) is 8.96. The van der Waals surface area contributed by atoms with Gasteiger partial charge in [0.1, 0.15) is 23.9 Å². The van der Waals surface area contributed by atoms with Crippen molar-refractivity contribution >= 4 is 5.97 Å². The third kappa shape index (κ3) is 7.93. The number of rotatable bonds is 16. The number of halogens is 2. The number of unbranched alkanes of at least 4 members (excludes halogenated alkanes) is 3. The summed E-state index contributed by atoms with van der Waals surface area (Å²) in [5.41, 5.74) is 2.06. The highest BCUT2D eigenvalue weighted by atomic mass is 19.3. The molecule has 7 nitrogen and oxygen atoms in total. The molecular weight excluding hydrogens is 628 g/mol. The van der Waals surface area contributed by atoms with E-state index in [0.29, 0.717) is 40.4 Å². The molecular formula is C40H39F2NO6. The third-order valence-corrected chi connectivity index (χ3v) is 9.16. The summed E-state index contributed by atoms with van der Waals surface area (Å²) in [6.45, 7) is 5.98. The minimum atomic E-state index is -3.28. The summed E-state index contributed by atoms with van der Waals surface area (Å²) in [7, 11) is 0. The third-order valence-electron chi connectivity index (χ3n) is 9.16. The molecule has 0 bridgehead atoms. The van der Waals surface area contributed by atoms with Crippen LogP contribution in [-0.4, -0.2) is 39.0 Å². The van der Waals surface area contributed by atoms with Gasteiger partial charge in [-0.1, -0.05) is 31.5 Å². The Morgan fingerprint density at radius 3 is 2.10 bits per heavy atom. The SMILES string of the molecule is CCC1(COCCCCCCOc2ccc(C(=O)Oc3ccc4c(c3)C(F)(F)c3cc(COc5ccc(C#N)cc5)ccc3-4)cc2)COC1. The van der Waals surface area contributed by atoms with Crippen LogP contribution in [-0.2, 0) is 22.0 Å². The number of nitrogens with zero attached hydrogens (tertiary/aromatic N) is 1. The molecule has 0 N–H and O–H groups in total. The molecule has 0 unspecified atom stereocenters. The van der Waals surface area contributed by atoms with E-state index in [2.05, 4.69) is 6.92 Å². The smallest absolute Gasteiger partial charge is 0.343 e. The van der Waals surface area contributed by atoms with Crippen LogP contribution in [0.15, 0.2) is 84.9 Å². The number of ether oxygens (including phenoxy) is 5. The van der Waals surface area contributed by atoms with Crippen LogP contribution in [0, 0.1) is 16.7 Å². The first-order chi connectivity index (χ1) is 23.8. The van der Waals surface area contributed by atoms with E-state index in [1.165, 1.54) is 18.2 Å². The van der Waals surface area contributed by atoms with Crippen LogP contribution < -0.4 is 14.2 Å². The van der Waals surface area contributed by atoms with Crippen molar-refractivity contribution in [2.24, 2.45) is 5.41 Å². The van der Waals surface area contributed by atoms with Gasteiger partial charge in [0.2, 0.25) is 0 Å². The molecule has 0 saturated carbocycles. The molecule has 1 aliphatic carbocycles. The molecule has 4 aromatic carbocycles. The molecule has 0 amide bonds. The maximum absolute atomic E-state index is 15.7. The van der Waals surface area contributed by atoms with Crippen LogP contribution in [0.3, 0.4) is 0 Å². The number of hydrogen-bond donors (Lipinski definition) is 0. The second kappa shape index (κ2) is 15.2. The summed E-state index contributed by atoms with van der Waals surface area (Å²) in [6.07, 6.45) is 5.13. The minimum Gasteiger partial charge on any atom is -0.494 e. The van der Waals surface area contributed by atoms with E-state index >= 15 is 8.78 Å². The lowest BCUT2D eigenvalue weighted by atomic mass is 9.84. The van der Waals surface area contributed by atoms with Crippen molar-refractivity contribution in [3.63, 3.8) is 0 Å². The van der Waals surface area contributed by atoms with Gasteiger partial charge in [-0.2, -0.15) is 14.0 Å². The Hall–Kier alpha value is -4.78. The lowest BCUT2D eigenvalue weighted by Crippen LogP contribution is -2.45. The van der Waals surface area contributed by atoms with Crippen molar-refractivity contribution < 1.29 is 37.3 Å². The molecule has 0 spiro atoms. The molecule has 0 radical (unpaired) electrons. The number of carbonyl (C=O) groups is 1. The van der Waals surface area contributed by atoms with Gasteiger partial charge in [0, 0.05) is 23.1 Å². The topological polar surface area (TPSA) is 87.0 Å². The Morgan fingerprint density at radius 1 is 0.796 bits per heavy atom. The standard InChI is InChI=1S/C40H39F2NO6/c1-2-39(26-46-27-39)25-45-19-5-3-4-6-20-47-31-14-10-30(11-15-31)38(44)49-33-16-18-35-34-17-9-29(21-36(34)40(41,42)37(35)22-33)24-48-32-12-7-28(23-43)8-13-32/h7-18,21-22H,2-6,19-20,24-27H2,1H3. The van der Waals surface area contributed by atoms with Gasteiger partial charge in [0.15, 0.2) is 0 Å². The molecule has 49 heavy (non-hydrogen) atoms. The average molecular weight is 668 g/mol. The Bertz CT molecular complexity index is 1790. The molecule has 2 aliphatic rings. The normalized spacial score (nSPS) is 15.0. The highest BCUT2D eigenvalue weighted by molar-refractivity contribution is 5.91. The first-order valence-electron chi connectivity index (χ1n) is 16.7. The van der Waals surface area contributed by atoms with Crippen LogP contribution >= 0.6 is 0 Å². The Morgan fingerprint density at radius 2 is 1.43 bits per heavy atom. The number of fused-ring (bicyclic) bond motifs is 3. The van der Waals surface area contributed by atoms with E-state index in [1.54, 1.807) is 66.7 Å². The Kier molecular flexibility index (Phi) is 10.6. The molecule has 4 aromatic rings. The van der Waals surface area contributed by atoms with Gasteiger partial charge in [-0.15, -0.1) is 0 Å². The summed E-state index contributed by atoms with van der Waals surface area (Å²) in [4.78, 5) is 12.9. The van der Waals surface area contributed by atoms with Gasteiger partial charge in [-0.3, -0.25) is 0 Å². The first kappa shape index (κ1) is 34.1. The molecule has 9 heteroatoms. The molecule has 254 valence electrons. The molecule has 1 heterocycles. The van der Waals surface area contributed by atoms with E-state index in [4.69, 9.17) is 28.9 Å². The van der Waals surface area contributed by atoms with E-state index in [0.717, 1.165) is 58.5 Å². The van der Waals surface area contributed by atoms with Gasteiger partial charge >= 0.3 is 5.97 Å². The number of carbonyl (C=O) groups excluding carboxylic acids is 1. The van der Waals surface area contributed by atoms with Gasteiger partial charge in [0.25, 0.3) is 5.92 Å². The summed E-state index contributed by atoms with van der Waals surface area (Å²) < 4.78 is 59.6. The Labute approximate surface area is 285 Å². The number of benzene rings is 4. The van der Waals surface area contributed by atoms with Crippen molar-refractivity contribution in [1.82, 2.24) is 0 Å². The van der Waals surface area contributed by atoms with Crippen LogP contribution in [0.5, 0.6) is 17.2 Å². The predicted octanol–water partition coefficient (Wildman–Crippen LogP) is 8.86. The Balaban J connectivity index is 0.958. The molecule has 0 aromatic heterocycles. The molecule has 1 fully saturated rings. The second-order valence-electron chi connectivity index (χ2n) is 12.7. The summed E-state index contributed by atoms with van der Waals surface area (Å²) >= 11 is 0. The molecule has 1 saturated heterocycles. The monoisotopic (exact) mass is 667 g/mol. The van der Waals surface area contributed by atoms with E-state index < -0.39 is 11.9 Å². The number of nitriles is 1. The number of alkyl halides is 2. The minimum absolute atomic E-state index is 0.0354. The van der Waals surface area contributed by atoms with Gasteiger partial charge in [0.05, 0.1) is 43.6 Å². The molecule has 6 rings (SSSR count). The lowest BCUT2D eigenvalue weighted by Gasteiger charge is -2.40.